The summed E-state index contributed by atoms with van der Waals surface area (Å²) in [4.78, 5) is 45.8. The zero-order chi connectivity index (χ0) is 25.4. The Morgan fingerprint density at radius 3 is 2.49 bits per heavy atom. The van der Waals surface area contributed by atoms with Gasteiger partial charge in [0.1, 0.15) is 11.4 Å². The van der Waals surface area contributed by atoms with E-state index in [0.717, 1.165) is 16.5 Å². The van der Waals surface area contributed by atoms with Crippen LogP contribution in [0.15, 0.2) is 54.9 Å². The number of para-hydroxylation sites is 1. The maximum absolute atomic E-state index is 13.3. The van der Waals surface area contributed by atoms with Crippen LogP contribution in [0, 0.1) is 11.8 Å². The molecule has 3 amide bonds. The molecule has 2 aromatic heterocycles. The van der Waals surface area contributed by atoms with Crippen molar-refractivity contribution in [2.75, 3.05) is 0 Å². The van der Waals surface area contributed by atoms with Gasteiger partial charge in [-0.2, -0.15) is 0 Å². The van der Waals surface area contributed by atoms with E-state index in [2.05, 4.69) is 20.6 Å². The van der Waals surface area contributed by atoms with Gasteiger partial charge < -0.3 is 15.6 Å². The van der Waals surface area contributed by atoms with E-state index in [1.54, 1.807) is 18.3 Å². The van der Waals surface area contributed by atoms with Crippen LogP contribution in [0.2, 0.25) is 0 Å². The van der Waals surface area contributed by atoms with Crippen LogP contribution >= 0.6 is 11.6 Å². The number of alkyl halides is 1. The van der Waals surface area contributed by atoms with Gasteiger partial charge in [0.05, 0.1) is 18.2 Å². The van der Waals surface area contributed by atoms with Crippen LogP contribution < -0.4 is 16.1 Å². The van der Waals surface area contributed by atoms with E-state index >= 15 is 0 Å². The molecule has 186 valence electrons. The number of halogens is 1. The molecule has 0 aliphatic rings. The molecule has 3 atom stereocenters. The summed E-state index contributed by atoms with van der Waals surface area (Å²) >= 11 is 6.21. The smallest absolute Gasteiger partial charge is 0.262 e. The minimum atomic E-state index is -1.30. The Kier molecular flexibility index (Phi) is 9.22. The molecule has 2 heterocycles. The van der Waals surface area contributed by atoms with Gasteiger partial charge >= 0.3 is 0 Å². The highest BCUT2D eigenvalue weighted by Crippen LogP contribution is 2.23. The van der Waals surface area contributed by atoms with E-state index < -0.39 is 35.1 Å². The lowest BCUT2D eigenvalue weighted by Gasteiger charge is -2.25. The predicted octanol–water partition coefficient (Wildman–Crippen LogP) is 2.68. The SMILES string of the molecule is CC(C)C[C@@H](C(=O)N[C@@H](Cc1c[nH]c2ccccc12)C(=O)NCc1ccccn1)[C@@H](Cl)C(=O)NO. The lowest BCUT2D eigenvalue weighted by atomic mass is 9.92. The first kappa shape index (κ1) is 26.2. The number of rotatable bonds is 11. The van der Waals surface area contributed by atoms with Crippen LogP contribution in [0.1, 0.15) is 31.5 Å². The van der Waals surface area contributed by atoms with E-state index in [9.17, 15) is 14.4 Å². The molecular formula is C25H30ClN5O4. The third kappa shape index (κ3) is 7.03. The molecule has 5 N–H and O–H groups in total. The predicted molar refractivity (Wildman–Crippen MR) is 133 cm³/mol. The van der Waals surface area contributed by atoms with E-state index in [4.69, 9.17) is 16.8 Å². The Morgan fingerprint density at radius 1 is 1.06 bits per heavy atom. The first-order valence-electron chi connectivity index (χ1n) is 11.4. The van der Waals surface area contributed by atoms with Crippen molar-refractivity contribution >= 4 is 40.2 Å². The fourth-order valence-corrected chi connectivity index (χ4v) is 4.19. The summed E-state index contributed by atoms with van der Waals surface area (Å²) in [5.74, 6) is -2.71. The quantitative estimate of drug-likeness (QED) is 0.157. The highest BCUT2D eigenvalue weighted by atomic mass is 35.5. The highest BCUT2D eigenvalue weighted by Gasteiger charge is 2.35. The van der Waals surface area contributed by atoms with Crippen LogP contribution in [0.5, 0.6) is 0 Å². The minimum absolute atomic E-state index is 0.0449. The Balaban J connectivity index is 1.83. The normalized spacial score (nSPS) is 13.7. The van der Waals surface area contributed by atoms with Gasteiger partial charge in [0, 0.05) is 29.7 Å². The fourth-order valence-electron chi connectivity index (χ4n) is 3.92. The molecule has 0 aliphatic carbocycles. The maximum atomic E-state index is 13.3. The lowest BCUT2D eigenvalue weighted by Crippen LogP contribution is -2.52. The summed E-state index contributed by atoms with van der Waals surface area (Å²) < 4.78 is 0. The molecule has 0 spiro atoms. The number of nitrogens with one attached hydrogen (secondary N) is 4. The van der Waals surface area contributed by atoms with Crippen molar-refractivity contribution in [3.8, 4) is 0 Å². The number of hydrogen-bond acceptors (Lipinski definition) is 5. The Labute approximate surface area is 208 Å². The molecule has 0 unspecified atom stereocenters. The molecule has 0 fully saturated rings. The number of H-pyrrole nitrogens is 1. The number of pyridine rings is 1. The number of benzene rings is 1. The van der Waals surface area contributed by atoms with Crippen molar-refractivity contribution in [2.24, 2.45) is 11.8 Å². The second kappa shape index (κ2) is 12.3. The fraction of sp³-hybridized carbons (Fsp3) is 0.360. The third-order valence-electron chi connectivity index (χ3n) is 5.68. The molecule has 3 rings (SSSR count). The van der Waals surface area contributed by atoms with E-state index in [1.807, 2.05) is 50.4 Å². The van der Waals surface area contributed by atoms with Gasteiger partial charge in [0.25, 0.3) is 5.91 Å². The van der Waals surface area contributed by atoms with E-state index in [-0.39, 0.29) is 18.9 Å². The Morgan fingerprint density at radius 2 is 1.80 bits per heavy atom. The van der Waals surface area contributed by atoms with E-state index in [1.165, 1.54) is 5.48 Å². The molecule has 10 heteroatoms. The van der Waals surface area contributed by atoms with Crippen LogP contribution in [0.3, 0.4) is 0 Å². The molecule has 0 saturated heterocycles. The van der Waals surface area contributed by atoms with Crippen molar-refractivity contribution < 1.29 is 19.6 Å². The zero-order valence-corrected chi connectivity index (χ0v) is 20.4. The molecule has 0 bridgehead atoms. The van der Waals surface area contributed by atoms with Crippen LogP contribution in [-0.4, -0.2) is 44.3 Å². The monoisotopic (exact) mass is 499 g/mol. The molecule has 1 aromatic carbocycles. The lowest BCUT2D eigenvalue weighted by molar-refractivity contribution is -0.136. The number of amides is 3. The van der Waals surface area contributed by atoms with Gasteiger partial charge in [0.15, 0.2) is 0 Å². The van der Waals surface area contributed by atoms with Crippen LogP contribution in [-0.2, 0) is 27.3 Å². The van der Waals surface area contributed by atoms with E-state index in [0.29, 0.717) is 12.1 Å². The van der Waals surface area contributed by atoms with Gasteiger partial charge in [-0.05, 0) is 36.1 Å². The van der Waals surface area contributed by atoms with Crippen molar-refractivity contribution in [1.29, 1.82) is 0 Å². The summed E-state index contributed by atoms with van der Waals surface area (Å²) in [6, 6.07) is 12.1. The van der Waals surface area contributed by atoms with Crippen molar-refractivity contribution in [2.45, 2.75) is 44.7 Å². The number of carbonyl (C=O) groups excluding carboxylic acids is 3. The Hall–Kier alpha value is -3.43. The van der Waals surface area contributed by atoms with Gasteiger partial charge in [0.2, 0.25) is 11.8 Å². The molecule has 0 radical (unpaired) electrons. The number of aromatic nitrogens is 2. The van der Waals surface area contributed by atoms with Crippen molar-refractivity contribution in [3.05, 3.63) is 66.1 Å². The molecular weight excluding hydrogens is 470 g/mol. The van der Waals surface area contributed by atoms with Crippen LogP contribution in [0.25, 0.3) is 10.9 Å². The molecule has 3 aromatic rings. The maximum Gasteiger partial charge on any atom is 0.262 e. The summed E-state index contributed by atoms with van der Waals surface area (Å²) in [7, 11) is 0. The third-order valence-corrected chi connectivity index (χ3v) is 6.18. The molecule has 35 heavy (non-hydrogen) atoms. The second-order valence-electron chi connectivity index (χ2n) is 8.78. The molecule has 0 saturated carbocycles. The Bertz CT molecular complexity index is 1150. The standard InChI is InChI=1S/C25H30ClN5O4/c1-15(2)11-19(22(26)25(34)31-35)23(32)30-21(24(33)29-14-17-7-5-6-10-27-17)12-16-13-28-20-9-4-3-8-18(16)20/h3-10,13,15,19,21-22,28,35H,11-12,14H2,1-2H3,(H,29,33)(H,30,32)(H,31,34)/t19-,21+,22-/m1/s1. The van der Waals surface area contributed by atoms with Crippen molar-refractivity contribution in [1.82, 2.24) is 26.1 Å². The topological polar surface area (TPSA) is 136 Å². The summed E-state index contributed by atoms with van der Waals surface area (Å²) in [6.45, 7) is 3.98. The number of aromatic amines is 1. The van der Waals surface area contributed by atoms with Crippen molar-refractivity contribution in [3.63, 3.8) is 0 Å². The van der Waals surface area contributed by atoms with Gasteiger partial charge in [-0.3, -0.25) is 24.6 Å². The number of fused-ring (bicyclic) bond motifs is 1. The average Bonchev–Trinajstić information content (AvgIpc) is 3.27. The first-order valence-corrected chi connectivity index (χ1v) is 11.8. The van der Waals surface area contributed by atoms with Gasteiger partial charge in [-0.15, -0.1) is 11.6 Å². The number of carbonyl (C=O) groups is 3. The average molecular weight is 500 g/mol. The minimum Gasteiger partial charge on any atom is -0.361 e. The number of nitrogens with zero attached hydrogens (tertiary/aromatic N) is 1. The second-order valence-corrected chi connectivity index (χ2v) is 9.25. The number of hydroxylamine groups is 1. The summed E-state index contributed by atoms with van der Waals surface area (Å²) in [5, 5.41) is 14.3. The first-order chi connectivity index (χ1) is 16.8. The number of hydrogen-bond donors (Lipinski definition) is 5. The zero-order valence-electron chi connectivity index (χ0n) is 19.6. The molecule has 0 aliphatic heterocycles. The largest absolute Gasteiger partial charge is 0.361 e. The van der Waals surface area contributed by atoms with Crippen LogP contribution in [0.4, 0.5) is 0 Å². The molecule has 9 nitrogen and oxygen atoms in total. The summed E-state index contributed by atoms with van der Waals surface area (Å²) in [5.41, 5.74) is 3.95. The highest BCUT2D eigenvalue weighted by molar-refractivity contribution is 6.32. The summed E-state index contributed by atoms with van der Waals surface area (Å²) in [6.07, 6.45) is 3.96. The van der Waals surface area contributed by atoms with Gasteiger partial charge in [-0.25, -0.2) is 5.48 Å². The van der Waals surface area contributed by atoms with Gasteiger partial charge in [-0.1, -0.05) is 38.1 Å².